The lowest BCUT2D eigenvalue weighted by Gasteiger charge is -2.20. The Labute approximate surface area is 140 Å². The highest BCUT2D eigenvalue weighted by atomic mass is 32.1. The number of fused-ring (bicyclic) bond motifs is 3. The molecule has 0 saturated heterocycles. The van der Waals surface area contributed by atoms with E-state index in [0.29, 0.717) is 12.6 Å². The first-order valence-corrected chi connectivity index (χ1v) is 9.23. The third-order valence-corrected chi connectivity index (χ3v) is 5.78. The van der Waals surface area contributed by atoms with Crippen molar-refractivity contribution in [2.75, 3.05) is 18.5 Å². The van der Waals surface area contributed by atoms with E-state index < -0.39 is 0 Å². The summed E-state index contributed by atoms with van der Waals surface area (Å²) >= 11 is 1.81. The number of aryl methyl sites for hydroxylation is 3. The molecule has 6 heteroatoms. The molecule has 0 unspecified atom stereocenters. The first kappa shape index (κ1) is 14.9. The van der Waals surface area contributed by atoms with E-state index in [1.165, 1.54) is 28.7 Å². The maximum atomic E-state index is 12.1. The largest absolute Gasteiger partial charge is 0.352 e. The van der Waals surface area contributed by atoms with Crippen molar-refractivity contribution in [1.29, 1.82) is 0 Å². The van der Waals surface area contributed by atoms with E-state index in [9.17, 15) is 4.79 Å². The molecule has 0 aromatic carbocycles. The molecule has 122 valence electrons. The fraction of sp³-hybridized carbons (Fsp3) is 0.588. The van der Waals surface area contributed by atoms with Crippen LogP contribution in [-0.4, -0.2) is 35.5 Å². The van der Waals surface area contributed by atoms with Crippen molar-refractivity contribution in [3.8, 4) is 0 Å². The third kappa shape index (κ3) is 2.92. The molecule has 0 radical (unpaired) electrons. The fourth-order valence-electron chi connectivity index (χ4n) is 3.31. The summed E-state index contributed by atoms with van der Waals surface area (Å²) in [5, 5.41) is 4.23. The molecule has 0 spiro atoms. The molecular weight excluding hydrogens is 308 g/mol. The van der Waals surface area contributed by atoms with Gasteiger partial charge in [-0.3, -0.25) is 4.79 Å². The number of anilines is 1. The van der Waals surface area contributed by atoms with Crippen LogP contribution in [0.3, 0.4) is 0 Å². The summed E-state index contributed by atoms with van der Waals surface area (Å²) in [6, 6.07) is 0.400. The van der Waals surface area contributed by atoms with E-state index in [1.54, 1.807) is 11.3 Å². The number of nitrogens with zero attached hydrogens (tertiary/aromatic N) is 3. The van der Waals surface area contributed by atoms with Crippen molar-refractivity contribution >= 4 is 33.3 Å². The van der Waals surface area contributed by atoms with Gasteiger partial charge in [0, 0.05) is 18.0 Å². The molecule has 0 atom stereocenters. The minimum atomic E-state index is 0.0866. The Morgan fingerprint density at radius 1 is 1.30 bits per heavy atom. The molecule has 5 nitrogen and oxygen atoms in total. The monoisotopic (exact) mass is 330 g/mol. The van der Waals surface area contributed by atoms with Gasteiger partial charge in [-0.2, -0.15) is 0 Å². The Morgan fingerprint density at radius 2 is 2.09 bits per heavy atom. The number of hydrogen-bond donors (Lipinski definition) is 1. The average molecular weight is 330 g/mol. The first-order chi connectivity index (χ1) is 11.1. The lowest BCUT2D eigenvalue weighted by molar-refractivity contribution is -0.119. The predicted molar refractivity (Wildman–Crippen MR) is 93.2 cm³/mol. The SMILES string of the molecule is Cc1nc(N(C)CC(=O)NC2CC2)c2c3c(sc2n1)CCCC3. The Morgan fingerprint density at radius 3 is 2.87 bits per heavy atom. The second-order valence-corrected chi connectivity index (χ2v) is 7.77. The zero-order chi connectivity index (χ0) is 16.0. The number of nitrogens with one attached hydrogen (secondary N) is 1. The minimum absolute atomic E-state index is 0.0866. The summed E-state index contributed by atoms with van der Waals surface area (Å²) in [4.78, 5) is 26.0. The van der Waals surface area contributed by atoms with Crippen LogP contribution in [-0.2, 0) is 17.6 Å². The summed E-state index contributed by atoms with van der Waals surface area (Å²) in [5.74, 6) is 1.78. The van der Waals surface area contributed by atoms with Crippen molar-refractivity contribution in [2.24, 2.45) is 0 Å². The van der Waals surface area contributed by atoms with E-state index in [2.05, 4.69) is 15.3 Å². The maximum absolute atomic E-state index is 12.1. The van der Waals surface area contributed by atoms with Crippen LogP contribution in [0.15, 0.2) is 0 Å². The van der Waals surface area contributed by atoms with Crippen LogP contribution in [0.4, 0.5) is 5.82 Å². The molecule has 2 aromatic heterocycles. The maximum Gasteiger partial charge on any atom is 0.239 e. The van der Waals surface area contributed by atoms with E-state index in [1.807, 2.05) is 18.9 Å². The molecule has 0 bridgehead atoms. The van der Waals surface area contributed by atoms with Crippen LogP contribution in [0.1, 0.15) is 41.9 Å². The molecule has 2 aromatic rings. The highest BCUT2D eigenvalue weighted by Crippen LogP contribution is 2.39. The summed E-state index contributed by atoms with van der Waals surface area (Å²) in [7, 11) is 1.96. The summed E-state index contributed by atoms with van der Waals surface area (Å²) < 4.78 is 0. The first-order valence-electron chi connectivity index (χ1n) is 8.41. The third-order valence-electron chi connectivity index (χ3n) is 4.59. The van der Waals surface area contributed by atoms with E-state index in [0.717, 1.165) is 42.2 Å². The van der Waals surface area contributed by atoms with Gasteiger partial charge < -0.3 is 10.2 Å². The molecule has 2 aliphatic carbocycles. The van der Waals surface area contributed by atoms with Gasteiger partial charge >= 0.3 is 0 Å². The van der Waals surface area contributed by atoms with Crippen molar-refractivity contribution in [3.05, 3.63) is 16.3 Å². The number of amides is 1. The zero-order valence-electron chi connectivity index (χ0n) is 13.7. The smallest absolute Gasteiger partial charge is 0.239 e. The van der Waals surface area contributed by atoms with Crippen LogP contribution in [0.25, 0.3) is 10.2 Å². The van der Waals surface area contributed by atoms with Gasteiger partial charge in [-0.1, -0.05) is 0 Å². The van der Waals surface area contributed by atoms with Gasteiger partial charge in [0.2, 0.25) is 5.91 Å². The number of likely N-dealkylation sites (N-methyl/N-ethyl adjacent to an activating group) is 1. The van der Waals surface area contributed by atoms with E-state index in [4.69, 9.17) is 0 Å². The molecule has 2 heterocycles. The molecule has 1 saturated carbocycles. The molecule has 1 amide bonds. The van der Waals surface area contributed by atoms with Crippen LogP contribution < -0.4 is 10.2 Å². The van der Waals surface area contributed by atoms with Gasteiger partial charge in [-0.05, 0) is 51.0 Å². The molecule has 2 aliphatic rings. The number of hydrogen-bond acceptors (Lipinski definition) is 5. The van der Waals surface area contributed by atoms with Crippen molar-refractivity contribution in [2.45, 2.75) is 51.5 Å². The standard InChI is InChI=1S/C17H22N4OS/c1-10-18-16(21(2)9-14(22)20-11-7-8-11)15-12-5-3-4-6-13(12)23-17(15)19-10/h11H,3-9H2,1-2H3,(H,20,22). The van der Waals surface area contributed by atoms with Crippen LogP contribution >= 0.6 is 11.3 Å². The highest BCUT2D eigenvalue weighted by Gasteiger charge is 2.25. The van der Waals surface area contributed by atoms with Crippen LogP contribution in [0.5, 0.6) is 0 Å². The van der Waals surface area contributed by atoms with Crippen LogP contribution in [0, 0.1) is 6.92 Å². The summed E-state index contributed by atoms with van der Waals surface area (Å²) in [6.07, 6.45) is 6.99. The zero-order valence-corrected chi connectivity index (χ0v) is 14.5. The minimum Gasteiger partial charge on any atom is -0.352 e. The fourth-order valence-corrected chi connectivity index (χ4v) is 4.61. The number of rotatable bonds is 4. The average Bonchev–Trinajstić information content (AvgIpc) is 3.24. The Balaban J connectivity index is 1.69. The second kappa shape index (κ2) is 5.74. The normalized spacial score (nSPS) is 17.1. The number of aromatic nitrogens is 2. The summed E-state index contributed by atoms with van der Waals surface area (Å²) in [5.41, 5.74) is 1.42. The Bertz CT molecular complexity index is 766. The quantitative estimate of drug-likeness (QED) is 0.936. The van der Waals surface area contributed by atoms with Gasteiger partial charge in [0.15, 0.2) is 0 Å². The second-order valence-electron chi connectivity index (χ2n) is 6.68. The molecular formula is C17H22N4OS. The topological polar surface area (TPSA) is 58.1 Å². The highest BCUT2D eigenvalue weighted by molar-refractivity contribution is 7.19. The van der Waals surface area contributed by atoms with Crippen molar-refractivity contribution in [1.82, 2.24) is 15.3 Å². The van der Waals surface area contributed by atoms with Gasteiger partial charge in [0.25, 0.3) is 0 Å². The van der Waals surface area contributed by atoms with E-state index >= 15 is 0 Å². The van der Waals surface area contributed by atoms with Crippen LogP contribution in [0.2, 0.25) is 0 Å². The van der Waals surface area contributed by atoms with Crippen molar-refractivity contribution in [3.63, 3.8) is 0 Å². The number of thiophene rings is 1. The predicted octanol–water partition coefficient (Wildman–Crippen LogP) is 2.59. The van der Waals surface area contributed by atoms with Gasteiger partial charge in [0.05, 0.1) is 11.9 Å². The Hall–Kier alpha value is -1.69. The molecule has 1 fully saturated rings. The van der Waals surface area contributed by atoms with Gasteiger partial charge in [-0.15, -0.1) is 11.3 Å². The lowest BCUT2D eigenvalue weighted by atomic mass is 9.97. The number of carbonyl (C=O) groups excluding carboxylic acids is 1. The lowest BCUT2D eigenvalue weighted by Crippen LogP contribution is -2.36. The van der Waals surface area contributed by atoms with E-state index in [-0.39, 0.29) is 5.91 Å². The molecule has 1 N–H and O–H groups in total. The molecule has 0 aliphatic heterocycles. The Kier molecular flexibility index (Phi) is 3.71. The van der Waals surface area contributed by atoms with Gasteiger partial charge in [-0.25, -0.2) is 9.97 Å². The molecule has 23 heavy (non-hydrogen) atoms. The molecule has 4 rings (SSSR count). The number of carbonyl (C=O) groups is 1. The van der Waals surface area contributed by atoms with Crippen molar-refractivity contribution < 1.29 is 4.79 Å². The summed E-state index contributed by atoms with van der Waals surface area (Å²) in [6.45, 7) is 2.28. The van der Waals surface area contributed by atoms with Gasteiger partial charge in [0.1, 0.15) is 16.5 Å².